The SMILES string of the molecule is O=C(N[C@@H]1C=CC[C@@H](C(=O)N2CSCC2C(=O)O)C1)OCC1c2ccccc2-c2ccccc21. The Morgan fingerprint density at radius 2 is 1.74 bits per heavy atom. The Morgan fingerprint density at radius 1 is 1.06 bits per heavy atom. The number of amides is 2. The molecular formula is C26H26N2O5S. The Morgan fingerprint density at radius 3 is 2.41 bits per heavy atom. The summed E-state index contributed by atoms with van der Waals surface area (Å²) in [6, 6.07) is 15.2. The van der Waals surface area contributed by atoms with Crippen LogP contribution in [0.25, 0.3) is 11.1 Å². The van der Waals surface area contributed by atoms with Crippen LogP contribution in [0.15, 0.2) is 60.7 Å². The van der Waals surface area contributed by atoms with Crippen molar-refractivity contribution in [3.8, 4) is 11.1 Å². The number of carboxylic acid groups (broad SMARTS) is 1. The quantitative estimate of drug-likeness (QED) is 0.634. The smallest absolute Gasteiger partial charge is 0.407 e. The first-order valence-electron chi connectivity index (χ1n) is 11.4. The van der Waals surface area contributed by atoms with Crippen LogP contribution < -0.4 is 5.32 Å². The van der Waals surface area contributed by atoms with Gasteiger partial charge in [0.1, 0.15) is 12.6 Å². The lowest BCUT2D eigenvalue weighted by atomic mass is 9.89. The van der Waals surface area contributed by atoms with Crippen LogP contribution in [0, 0.1) is 5.92 Å². The monoisotopic (exact) mass is 478 g/mol. The van der Waals surface area contributed by atoms with Crippen molar-refractivity contribution in [3.63, 3.8) is 0 Å². The highest BCUT2D eigenvalue weighted by molar-refractivity contribution is 7.99. The van der Waals surface area contributed by atoms with Gasteiger partial charge in [-0.05, 0) is 35.1 Å². The number of benzene rings is 2. The lowest BCUT2D eigenvalue weighted by Crippen LogP contribution is -2.47. The van der Waals surface area contributed by atoms with E-state index in [1.807, 2.05) is 36.4 Å². The number of ether oxygens (including phenoxy) is 1. The summed E-state index contributed by atoms with van der Waals surface area (Å²) in [4.78, 5) is 38.5. The standard InChI is InChI=1S/C26H26N2O5S/c29-24(28-15-34-14-23(28)25(30)31)16-6-5-7-17(12-16)27-26(32)33-13-22-20-10-3-1-8-18(20)19-9-2-4-11-21(19)22/h1-5,7-11,16-17,22-23H,6,12-15H2,(H,27,32)(H,30,31)/t16-,17-,23?/m1/s1. The number of hydrogen-bond donors (Lipinski definition) is 2. The van der Waals surface area contributed by atoms with E-state index < -0.39 is 18.1 Å². The van der Waals surface area contributed by atoms with Gasteiger partial charge in [-0.3, -0.25) is 4.79 Å². The first-order chi connectivity index (χ1) is 16.5. The highest BCUT2D eigenvalue weighted by Crippen LogP contribution is 2.44. The Kier molecular flexibility index (Phi) is 6.32. The summed E-state index contributed by atoms with van der Waals surface area (Å²) in [5.74, 6) is -0.718. The van der Waals surface area contributed by atoms with Crippen molar-refractivity contribution in [3.05, 3.63) is 71.8 Å². The second kappa shape index (κ2) is 9.54. The lowest BCUT2D eigenvalue weighted by molar-refractivity contribution is -0.149. The second-order valence-corrected chi connectivity index (χ2v) is 9.83. The molecule has 0 spiro atoms. The van der Waals surface area contributed by atoms with Gasteiger partial charge in [-0.25, -0.2) is 9.59 Å². The maximum Gasteiger partial charge on any atom is 0.407 e. The van der Waals surface area contributed by atoms with Gasteiger partial charge >= 0.3 is 12.1 Å². The van der Waals surface area contributed by atoms with Crippen molar-refractivity contribution in [2.75, 3.05) is 18.2 Å². The van der Waals surface area contributed by atoms with E-state index in [2.05, 4.69) is 29.6 Å². The molecule has 2 N–H and O–H groups in total. The highest BCUT2D eigenvalue weighted by atomic mass is 32.2. The summed E-state index contributed by atoms with van der Waals surface area (Å²) < 4.78 is 5.63. The average molecular weight is 479 g/mol. The maximum absolute atomic E-state index is 13.0. The number of allylic oxidation sites excluding steroid dienone is 1. The molecule has 3 aliphatic rings. The molecule has 1 fully saturated rings. The molecule has 5 rings (SSSR count). The first kappa shape index (κ1) is 22.5. The summed E-state index contributed by atoms with van der Waals surface area (Å²) in [6.07, 6.45) is 4.19. The summed E-state index contributed by atoms with van der Waals surface area (Å²) in [6.45, 7) is 0.226. The highest BCUT2D eigenvalue weighted by Gasteiger charge is 2.38. The summed E-state index contributed by atoms with van der Waals surface area (Å²) in [7, 11) is 0. The third kappa shape index (κ3) is 4.30. The number of carboxylic acids is 1. The molecule has 0 radical (unpaired) electrons. The zero-order valence-corrected chi connectivity index (χ0v) is 19.4. The van der Waals surface area contributed by atoms with Gasteiger partial charge in [0.2, 0.25) is 5.91 Å². The molecule has 34 heavy (non-hydrogen) atoms. The Balaban J connectivity index is 1.19. The topological polar surface area (TPSA) is 95.9 Å². The normalized spacial score (nSPS) is 23.3. The van der Waals surface area contributed by atoms with Crippen LogP contribution in [-0.4, -0.2) is 58.3 Å². The second-order valence-electron chi connectivity index (χ2n) is 8.83. The average Bonchev–Trinajstić information content (AvgIpc) is 3.46. The number of thioether (sulfide) groups is 1. The fourth-order valence-corrected chi connectivity index (χ4v) is 6.24. The molecule has 7 nitrogen and oxygen atoms in total. The van der Waals surface area contributed by atoms with E-state index >= 15 is 0 Å². The molecule has 0 saturated carbocycles. The van der Waals surface area contributed by atoms with Crippen LogP contribution in [0.2, 0.25) is 0 Å². The van der Waals surface area contributed by atoms with Gasteiger partial charge in [-0.1, -0.05) is 60.7 Å². The minimum Gasteiger partial charge on any atom is -0.480 e. The number of nitrogens with one attached hydrogen (secondary N) is 1. The van der Waals surface area contributed by atoms with Crippen LogP contribution in [0.5, 0.6) is 0 Å². The van der Waals surface area contributed by atoms with Gasteiger partial charge in [-0.2, -0.15) is 0 Å². The Hall–Kier alpha value is -3.26. The van der Waals surface area contributed by atoms with Crippen LogP contribution in [0.1, 0.15) is 29.9 Å². The fourth-order valence-electron chi connectivity index (χ4n) is 5.09. The number of carbonyl (C=O) groups excluding carboxylic acids is 2. The molecule has 0 aromatic heterocycles. The van der Waals surface area contributed by atoms with Crippen LogP contribution >= 0.6 is 11.8 Å². The maximum atomic E-state index is 13.0. The van der Waals surface area contributed by atoms with Crippen molar-refractivity contribution in [1.29, 1.82) is 0 Å². The zero-order valence-electron chi connectivity index (χ0n) is 18.6. The van der Waals surface area contributed by atoms with Crippen LogP contribution in [-0.2, 0) is 14.3 Å². The molecular weight excluding hydrogens is 452 g/mol. The van der Waals surface area contributed by atoms with Crippen molar-refractivity contribution < 1.29 is 24.2 Å². The van der Waals surface area contributed by atoms with Gasteiger partial charge < -0.3 is 20.1 Å². The molecule has 3 atom stereocenters. The van der Waals surface area contributed by atoms with Gasteiger partial charge in [0.15, 0.2) is 0 Å². The first-order valence-corrected chi connectivity index (χ1v) is 12.6. The molecule has 0 bridgehead atoms. The summed E-state index contributed by atoms with van der Waals surface area (Å²) in [5, 5.41) is 12.2. The minimum absolute atomic E-state index is 0.0185. The predicted molar refractivity (Wildman–Crippen MR) is 129 cm³/mol. The number of aliphatic carboxylic acids is 1. The van der Waals surface area contributed by atoms with Crippen molar-refractivity contribution in [2.24, 2.45) is 5.92 Å². The zero-order chi connectivity index (χ0) is 23.7. The molecule has 1 heterocycles. The number of carbonyl (C=O) groups is 3. The van der Waals surface area contributed by atoms with Gasteiger partial charge in [0.25, 0.3) is 0 Å². The molecule has 2 aromatic rings. The minimum atomic E-state index is -0.974. The van der Waals surface area contributed by atoms with Crippen molar-refractivity contribution in [2.45, 2.75) is 30.8 Å². The van der Waals surface area contributed by atoms with E-state index in [4.69, 9.17) is 4.74 Å². The van der Waals surface area contributed by atoms with Gasteiger partial charge in [0, 0.05) is 17.6 Å². The predicted octanol–water partition coefficient (Wildman–Crippen LogP) is 3.85. The van der Waals surface area contributed by atoms with E-state index in [1.165, 1.54) is 27.8 Å². The molecule has 8 heteroatoms. The van der Waals surface area contributed by atoms with E-state index in [0.717, 1.165) is 11.1 Å². The summed E-state index contributed by atoms with van der Waals surface area (Å²) >= 11 is 1.45. The lowest BCUT2D eigenvalue weighted by Gasteiger charge is -2.29. The van der Waals surface area contributed by atoms with E-state index in [1.54, 1.807) is 0 Å². The Bertz CT molecular complexity index is 1100. The van der Waals surface area contributed by atoms with E-state index in [9.17, 15) is 19.5 Å². The number of fused-ring (bicyclic) bond motifs is 3. The third-order valence-corrected chi connectivity index (χ3v) is 7.79. The van der Waals surface area contributed by atoms with E-state index in [0.29, 0.717) is 24.5 Å². The van der Waals surface area contributed by atoms with Crippen LogP contribution in [0.3, 0.4) is 0 Å². The molecule has 1 saturated heterocycles. The summed E-state index contributed by atoms with van der Waals surface area (Å²) in [5.41, 5.74) is 4.64. The molecule has 2 amide bonds. The fraction of sp³-hybridized carbons (Fsp3) is 0.346. The third-order valence-electron chi connectivity index (χ3n) is 6.77. The van der Waals surface area contributed by atoms with Crippen molar-refractivity contribution in [1.82, 2.24) is 10.2 Å². The molecule has 2 aliphatic carbocycles. The van der Waals surface area contributed by atoms with E-state index in [-0.39, 0.29) is 30.4 Å². The largest absolute Gasteiger partial charge is 0.480 e. The molecule has 1 unspecified atom stereocenters. The number of nitrogens with zero attached hydrogens (tertiary/aromatic N) is 1. The number of hydrogen-bond acceptors (Lipinski definition) is 5. The number of alkyl carbamates (subject to hydrolysis) is 1. The van der Waals surface area contributed by atoms with Crippen LogP contribution in [0.4, 0.5) is 4.79 Å². The molecule has 176 valence electrons. The van der Waals surface area contributed by atoms with Crippen molar-refractivity contribution >= 4 is 29.7 Å². The molecule has 2 aromatic carbocycles. The van der Waals surface area contributed by atoms with Gasteiger partial charge in [0.05, 0.1) is 11.9 Å². The number of rotatable bonds is 5. The Labute approximate surface area is 202 Å². The molecule has 1 aliphatic heterocycles. The van der Waals surface area contributed by atoms with Gasteiger partial charge in [-0.15, -0.1) is 11.8 Å².